The number of hydrogen-bond donors (Lipinski definition) is 2. The van der Waals surface area contributed by atoms with Crippen molar-refractivity contribution in [3.05, 3.63) is 35.4 Å². The third-order valence-electron chi connectivity index (χ3n) is 3.99. The molecule has 1 aromatic carbocycles. The van der Waals surface area contributed by atoms with Crippen LogP contribution in [0.2, 0.25) is 0 Å². The van der Waals surface area contributed by atoms with Crippen LogP contribution in [-0.2, 0) is 9.59 Å². The molecule has 0 aliphatic carbocycles. The van der Waals surface area contributed by atoms with Gasteiger partial charge in [-0.15, -0.1) is 0 Å². The molecule has 1 atom stereocenters. The minimum Gasteiger partial charge on any atom is -0.481 e. The molecule has 0 spiro atoms. The molecule has 1 amide bonds. The summed E-state index contributed by atoms with van der Waals surface area (Å²) in [6, 6.07) is 8.40. The first kappa shape index (κ1) is 19.2. The SMILES string of the molecule is CC(C)c1ccc(C(NC(=O)CCCCC(=O)O)C(C)C)cc1. The zero-order valence-electron chi connectivity index (χ0n) is 14.6. The molecule has 0 aromatic heterocycles. The summed E-state index contributed by atoms with van der Waals surface area (Å²) in [7, 11) is 0. The molecule has 2 N–H and O–H groups in total. The number of carbonyl (C=O) groups is 2. The van der Waals surface area contributed by atoms with Crippen LogP contribution in [0.5, 0.6) is 0 Å². The molecule has 4 heteroatoms. The van der Waals surface area contributed by atoms with Gasteiger partial charge in [0.2, 0.25) is 5.91 Å². The van der Waals surface area contributed by atoms with E-state index in [0.29, 0.717) is 31.1 Å². The molecule has 1 rings (SSSR count). The number of amides is 1. The Kier molecular flexibility index (Phi) is 7.79. The second-order valence-corrected chi connectivity index (χ2v) is 6.71. The van der Waals surface area contributed by atoms with Gasteiger partial charge in [-0.1, -0.05) is 52.0 Å². The van der Waals surface area contributed by atoms with Gasteiger partial charge >= 0.3 is 5.97 Å². The van der Waals surface area contributed by atoms with E-state index >= 15 is 0 Å². The molecule has 0 aliphatic heterocycles. The van der Waals surface area contributed by atoms with Crippen LogP contribution in [0.15, 0.2) is 24.3 Å². The molecule has 0 aliphatic rings. The van der Waals surface area contributed by atoms with E-state index in [9.17, 15) is 9.59 Å². The summed E-state index contributed by atoms with van der Waals surface area (Å²) in [6.45, 7) is 8.50. The van der Waals surface area contributed by atoms with Crippen LogP contribution in [0.1, 0.15) is 76.5 Å². The van der Waals surface area contributed by atoms with Gasteiger partial charge in [-0.05, 0) is 35.8 Å². The Morgan fingerprint density at radius 3 is 1.96 bits per heavy atom. The summed E-state index contributed by atoms with van der Waals surface area (Å²) >= 11 is 0. The first-order chi connectivity index (χ1) is 10.8. The number of carboxylic acids is 1. The summed E-state index contributed by atoms with van der Waals surface area (Å²) in [4.78, 5) is 22.6. The maximum absolute atomic E-state index is 12.1. The lowest BCUT2D eigenvalue weighted by Gasteiger charge is -2.23. The topological polar surface area (TPSA) is 66.4 Å². The van der Waals surface area contributed by atoms with Crippen LogP contribution in [-0.4, -0.2) is 17.0 Å². The molecule has 128 valence electrons. The van der Waals surface area contributed by atoms with Crippen LogP contribution in [0.4, 0.5) is 0 Å². The molecule has 0 saturated heterocycles. The third kappa shape index (κ3) is 6.85. The fraction of sp³-hybridized carbons (Fsp3) is 0.579. The van der Waals surface area contributed by atoms with Crippen molar-refractivity contribution in [3.63, 3.8) is 0 Å². The summed E-state index contributed by atoms with van der Waals surface area (Å²) in [5.74, 6) is -0.0361. The average molecular weight is 319 g/mol. The summed E-state index contributed by atoms with van der Waals surface area (Å²) in [5, 5.41) is 11.7. The predicted molar refractivity (Wildman–Crippen MR) is 92.4 cm³/mol. The zero-order chi connectivity index (χ0) is 17.4. The standard InChI is InChI=1S/C19H29NO3/c1-13(2)15-9-11-16(12-10-15)19(14(3)4)20-17(21)7-5-6-8-18(22)23/h9-14,19H,5-8H2,1-4H3,(H,20,21)(H,22,23). The second kappa shape index (κ2) is 9.33. The molecular formula is C19H29NO3. The Balaban J connectivity index is 2.61. The van der Waals surface area contributed by atoms with Crippen LogP contribution >= 0.6 is 0 Å². The van der Waals surface area contributed by atoms with Crippen molar-refractivity contribution in [2.24, 2.45) is 5.92 Å². The van der Waals surface area contributed by atoms with Gasteiger partial charge in [-0.25, -0.2) is 0 Å². The molecule has 1 aromatic rings. The molecule has 0 heterocycles. The van der Waals surface area contributed by atoms with Crippen LogP contribution in [0.3, 0.4) is 0 Å². The Bertz CT molecular complexity index is 506. The highest BCUT2D eigenvalue weighted by molar-refractivity contribution is 5.76. The molecule has 0 fully saturated rings. The lowest BCUT2D eigenvalue weighted by molar-refractivity contribution is -0.137. The quantitative estimate of drug-likeness (QED) is 0.668. The maximum atomic E-state index is 12.1. The van der Waals surface area contributed by atoms with Crippen molar-refractivity contribution >= 4 is 11.9 Å². The van der Waals surface area contributed by atoms with Gasteiger partial charge in [-0.3, -0.25) is 9.59 Å². The molecule has 0 bridgehead atoms. The Labute approximate surface area is 139 Å². The lowest BCUT2D eigenvalue weighted by Crippen LogP contribution is -2.31. The van der Waals surface area contributed by atoms with Gasteiger partial charge in [0.25, 0.3) is 0 Å². The van der Waals surface area contributed by atoms with E-state index < -0.39 is 5.97 Å². The fourth-order valence-electron chi connectivity index (χ4n) is 2.53. The van der Waals surface area contributed by atoms with E-state index in [1.54, 1.807) is 0 Å². The van der Waals surface area contributed by atoms with Crippen LogP contribution in [0, 0.1) is 5.92 Å². The molecule has 23 heavy (non-hydrogen) atoms. The first-order valence-corrected chi connectivity index (χ1v) is 8.42. The molecular weight excluding hydrogens is 290 g/mol. The molecule has 4 nitrogen and oxygen atoms in total. The van der Waals surface area contributed by atoms with E-state index in [4.69, 9.17) is 5.11 Å². The van der Waals surface area contributed by atoms with Crippen molar-refractivity contribution in [2.45, 2.75) is 65.3 Å². The van der Waals surface area contributed by atoms with E-state index in [1.165, 1.54) is 5.56 Å². The summed E-state index contributed by atoms with van der Waals surface area (Å²) in [6.07, 6.45) is 1.64. The van der Waals surface area contributed by atoms with Gasteiger partial charge in [0, 0.05) is 12.8 Å². The maximum Gasteiger partial charge on any atom is 0.303 e. The van der Waals surface area contributed by atoms with Crippen LogP contribution < -0.4 is 5.32 Å². The Morgan fingerprint density at radius 2 is 1.48 bits per heavy atom. The van der Waals surface area contributed by atoms with E-state index in [2.05, 4.69) is 57.3 Å². The van der Waals surface area contributed by atoms with Gasteiger partial charge in [0.1, 0.15) is 0 Å². The largest absolute Gasteiger partial charge is 0.481 e. The minimum atomic E-state index is -0.810. The van der Waals surface area contributed by atoms with E-state index in [1.807, 2.05) is 0 Å². The number of nitrogens with one attached hydrogen (secondary N) is 1. The highest BCUT2D eigenvalue weighted by Crippen LogP contribution is 2.24. The van der Waals surface area contributed by atoms with E-state index in [0.717, 1.165) is 5.56 Å². The number of benzene rings is 1. The average Bonchev–Trinajstić information content (AvgIpc) is 2.49. The van der Waals surface area contributed by atoms with Gasteiger partial charge in [0.05, 0.1) is 6.04 Å². The lowest BCUT2D eigenvalue weighted by atomic mass is 9.93. The van der Waals surface area contributed by atoms with Crippen molar-refractivity contribution in [1.29, 1.82) is 0 Å². The Hall–Kier alpha value is -1.84. The molecule has 0 radical (unpaired) electrons. The zero-order valence-corrected chi connectivity index (χ0v) is 14.6. The monoisotopic (exact) mass is 319 g/mol. The number of unbranched alkanes of at least 4 members (excludes halogenated alkanes) is 1. The number of aliphatic carboxylic acids is 1. The summed E-state index contributed by atoms with van der Waals surface area (Å²) < 4.78 is 0. The number of rotatable bonds is 9. The minimum absolute atomic E-state index is 0.0109. The van der Waals surface area contributed by atoms with Crippen molar-refractivity contribution in [3.8, 4) is 0 Å². The summed E-state index contributed by atoms with van der Waals surface area (Å²) in [5.41, 5.74) is 2.40. The normalized spacial score (nSPS) is 12.4. The predicted octanol–water partition coefficient (Wildman–Crippen LogP) is 4.27. The van der Waals surface area contributed by atoms with E-state index in [-0.39, 0.29) is 18.4 Å². The third-order valence-corrected chi connectivity index (χ3v) is 3.99. The van der Waals surface area contributed by atoms with Crippen molar-refractivity contribution < 1.29 is 14.7 Å². The first-order valence-electron chi connectivity index (χ1n) is 8.42. The second-order valence-electron chi connectivity index (χ2n) is 6.71. The number of carboxylic acid groups (broad SMARTS) is 1. The Morgan fingerprint density at radius 1 is 0.957 bits per heavy atom. The van der Waals surface area contributed by atoms with Crippen LogP contribution in [0.25, 0.3) is 0 Å². The van der Waals surface area contributed by atoms with Gasteiger partial charge < -0.3 is 10.4 Å². The smallest absolute Gasteiger partial charge is 0.303 e. The highest BCUT2D eigenvalue weighted by atomic mass is 16.4. The molecule has 1 unspecified atom stereocenters. The molecule has 0 saturated carbocycles. The van der Waals surface area contributed by atoms with Crippen molar-refractivity contribution in [1.82, 2.24) is 5.32 Å². The van der Waals surface area contributed by atoms with Gasteiger partial charge in [-0.2, -0.15) is 0 Å². The number of carbonyl (C=O) groups excluding carboxylic acids is 1. The fourth-order valence-corrected chi connectivity index (χ4v) is 2.53. The highest BCUT2D eigenvalue weighted by Gasteiger charge is 2.18. The van der Waals surface area contributed by atoms with Gasteiger partial charge in [0.15, 0.2) is 0 Å². The number of hydrogen-bond acceptors (Lipinski definition) is 2. The van der Waals surface area contributed by atoms with Crippen molar-refractivity contribution in [2.75, 3.05) is 0 Å².